The molecule has 0 spiro atoms. The van der Waals surface area contributed by atoms with Crippen molar-refractivity contribution in [3.05, 3.63) is 36.3 Å². The van der Waals surface area contributed by atoms with Gasteiger partial charge in [-0.2, -0.15) is 0 Å². The van der Waals surface area contributed by atoms with E-state index in [2.05, 4.69) is 29.0 Å². The third-order valence-corrected chi connectivity index (χ3v) is 3.52. The zero-order valence-corrected chi connectivity index (χ0v) is 16.2. The Hall–Kier alpha value is -2.14. The highest BCUT2D eigenvalue weighted by molar-refractivity contribution is 5.70. The number of ether oxygens (including phenoxy) is 2. The van der Waals surface area contributed by atoms with Crippen molar-refractivity contribution in [3.63, 3.8) is 0 Å². The Morgan fingerprint density at radius 2 is 1.80 bits per heavy atom. The van der Waals surface area contributed by atoms with Gasteiger partial charge in [-0.1, -0.05) is 0 Å². The van der Waals surface area contributed by atoms with Gasteiger partial charge in [-0.05, 0) is 60.3 Å². The van der Waals surface area contributed by atoms with Crippen LogP contribution in [0.15, 0.2) is 30.6 Å². The molecular weight excluding hydrogens is 314 g/mol. The summed E-state index contributed by atoms with van der Waals surface area (Å²) in [5.41, 5.74) is 2.40. The van der Waals surface area contributed by atoms with Crippen LogP contribution in [0.3, 0.4) is 0 Å². The molecule has 136 valence electrons. The first-order valence-corrected chi connectivity index (χ1v) is 8.65. The molecule has 0 atom stereocenters. The van der Waals surface area contributed by atoms with E-state index in [1.54, 1.807) is 12.4 Å². The second-order valence-electron chi connectivity index (χ2n) is 7.37. The molecule has 0 N–H and O–H groups in total. The van der Waals surface area contributed by atoms with Gasteiger partial charge in [0.1, 0.15) is 17.1 Å². The number of aromatic nitrogens is 2. The summed E-state index contributed by atoms with van der Waals surface area (Å²) in [4.78, 5) is 11.0. The van der Waals surface area contributed by atoms with Crippen LogP contribution in [0.1, 0.15) is 32.9 Å². The van der Waals surface area contributed by atoms with E-state index in [1.807, 2.05) is 45.9 Å². The van der Waals surface area contributed by atoms with E-state index in [0.717, 1.165) is 41.4 Å². The lowest BCUT2D eigenvalue weighted by molar-refractivity contribution is 0.130. The maximum Gasteiger partial charge on any atom is 0.132 e. The highest BCUT2D eigenvalue weighted by Gasteiger charge is 2.16. The molecule has 0 fully saturated rings. The van der Waals surface area contributed by atoms with Crippen LogP contribution in [0.5, 0.6) is 11.5 Å². The number of hydrogen-bond acceptors (Lipinski definition) is 5. The summed E-state index contributed by atoms with van der Waals surface area (Å²) in [5, 5.41) is 0. The summed E-state index contributed by atoms with van der Waals surface area (Å²) in [6.45, 7) is 9.68. The van der Waals surface area contributed by atoms with Gasteiger partial charge in [0.05, 0.1) is 18.0 Å². The second kappa shape index (κ2) is 8.30. The highest BCUT2D eigenvalue weighted by atomic mass is 16.5. The molecule has 0 saturated heterocycles. The number of hydrogen-bond donors (Lipinski definition) is 0. The minimum absolute atomic E-state index is 0.258. The van der Waals surface area contributed by atoms with E-state index in [4.69, 9.17) is 9.47 Å². The molecule has 0 amide bonds. The molecule has 0 bridgehead atoms. The lowest BCUT2D eigenvalue weighted by Crippen LogP contribution is -2.23. The third kappa shape index (κ3) is 6.02. The second-order valence-corrected chi connectivity index (χ2v) is 7.37. The number of rotatable bonds is 7. The van der Waals surface area contributed by atoms with Crippen molar-refractivity contribution in [2.75, 3.05) is 27.2 Å². The number of nitrogens with zero attached hydrogens (tertiary/aromatic N) is 3. The summed E-state index contributed by atoms with van der Waals surface area (Å²) in [6, 6.07) is 5.91. The van der Waals surface area contributed by atoms with Crippen molar-refractivity contribution in [2.24, 2.45) is 0 Å². The Labute approximate surface area is 151 Å². The summed E-state index contributed by atoms with van der Waals surface area (Å²) in [5.74, 6) is 1.57. The fourth-order valence-corrected chi connectivity index (χ4v) is 2.47. The summed E-state index contributed by atoms with van der Waals surface area (Å²) in [6.07, 6.45) is 4.36. The maximum absolute atomic E-state index is 6.08. The number of aryl methyl sites for hydroxylation is 1. The minimum atomic E-state index is -0.258. The molecule has 2 aromatic rings. The Bertz CT molecular complexity index is 694. The Kier molecular flexibility index (Phi) is 6.37. The first-order chi connectivity index (χ1) is 11.8. The Morgan fingerprint density at radius 1 is 1.08 bits per heavy atom. The molecule has 2 rings (SSSR count). The lowest BCUT2D eigenvalue weighted by Gasteiger charge is -2.22. The number of benzene rings is 1. The molecule has 5 nitrogen and oxygen atoms in total. The fraction of sp³-hybridized carbons (Fsp3) is 0.500. The van der Waals surface area contributed by atoms with E-state index >= 15 is 0 Å². The summed E-state index contributed by atoms with van der Waals surface area (Å²) in [7, 11) is 4.12. The summed E-state index contributed by atoms with van der Waals surface area (Å²) >= 11 is 0. The molecule has 1 aromatic heterocycles. The van der Waals surface area contributed by atoms with E-state index in [-0.39, 0.29) is 5.60 Å². The normalized spacial score (nSPS) is 11.6. The minimum Gasteiger partial charge on any atom is -0.493 e. The van der Waals surface area contributed by atoms with Crippen LogP contribution in [-0.4, -0.2) is 47.7 Å². The monoisotopic (exact) mass is 343 g/mol. The van der Waals surface area contributed by atoms with Crippen LogP contribution in [0.25, 0.3) is 11.3 Å². The van der Waals surface area contributed by atoms with Crippen LogP contribution in [0.2, 0.25) is 0 Å². The quantitative estimate of drug-likeness (QED) is 0.712. The van der Waals surface area contributed by atoms with Gasteiger partial charge in [-0.3, -0.25) is 9.97 Å². The standard InChI is InChI=1S/C20H29N3O2/c1-15-19(22-11-10-21-15)17-9-8-16(25-20(2,3)4)14-18(17)24-13-7-12-23(5)6/h8-11,14H,7,12-13H2,1-6H3. The molecule has 1 heterocycles. The van der Waals surface area contributed by atoms with Gasteiger partial charge in [0.15, 0.2) is 0 Å². The molecule has 0 unspecified atom stereocenters. The molecule has 25 heavy (non-hydrogen) atoms. The molecule has 0 saturated carbocycles. The van der Waals surface area contributed by atoms with Gasteiger partial charge in [-0.25, -0.2) is 0 Å². The predicted octanol–water partition coefficient (Wildman–Crippen LogP) is 3.96. The van der Waals surface area contributed by atoms with E-state index in [0.29, 0.717) is 6.61 Å². The molecule has 0 aliphatic heterocycles. The molecule has 1 aromatic carbocycles. The van der Waals surface area contributed by atoms with E-state index in [9.17, 15) is 0 Å². The summed E-state index contributed by atoms with van der Waals surface area (Å²) < 4.78 is 12.1. The van der Waals surface area contributed by atoms with E-state index < -0.39 is 0 Å². The van der Waals surface area contributed by atoms with Crippen LogP contribution in [-0.2, 0) is 0 Å². The fourth-order valence-electron chi connectivity index (χ4n) is 2.47. The molecule has 0 aliphatic carbocycles. The van der Waals surface area contributed by atoms with E-state index in [1.165, 1.54) is 0 Å². The Balaban J connectivity index is 2.29. The van der Waals surface area contributed by atoms with Crippen LogP contribution in [0.4, 0.5) is 0 Å². The topological polar surface area (TPSA) is 47.5 Å². The van der Waals surface area contributed by atoms with Crippen molar-refractivity contribution >= 4 is 0 Å². The van der Waals surface area contributed by atoms with Crippen LogP contribution in [0, 0.1) is 6.92 Å². The van der Waals surface area contributed by atoms with Gasteiger partial charge in [-0.15, -0.1) is 0 Å². The van der Waals surface area contributed by atoms with Gasteiger partial charge < -0.3 is 14.4 Å². The molecule has 0 aliphatic rings. The lowest BCUT2D eigenvalue weighted by atomic mass is 10.1. The van der Waals surface area contributed by atoms with Crippen molar-refractivity contribution in [2.45, 2.75) is 39.7 Å². The molecular formula is C20H29N3O2. The third-order valence-electron chi connectivity index (χ3n) is 3.52. The Morgan fingerprint density at radius 3 is 2.44 bits per heavy atom. The van der Waals surface area contributed by atoms with Gasteiger partial charge >= 0.3 is 0 Å². The average molecular weight is 343 g/mol. The van der Waals surface area contributed by atoms with Crippen molar-refractivity contribution in [1.82, 2.24) is 14.9 Å². The first-order valence-electron chi connectivity index (χ1n) is 8.65. The largest absolute Gasteiger partial charge is 0.493 e. The zero-order chi connectivity index (χ0) is 18.4. The first kappa shape index (κ1) is 19.2. The zero-order valence-electron chi connectivity index (χ0n) is 16.2. The van der Waals surface area contributed by atoms with Crippen LogP contribution >= 0.6 is 0 Å². The predicted molar refractivity (Wildman–Crippen MR) is 101 cm³/mol. The average Bonchev–Trinajstić information content (AvgIpc) is 2.51. The molecule has 5 heteroatoms. The highest BCUT2D eigenvalue weighted by Crippen LogP contribution is 2.34. The SMILES string of the molecule is Cc1nccnc1-c1ccc(OC(C)(C)C)cc1OCCCN(C)C. The van der Waals surface area contributed by atoms with Crippen LogP contribution < -0.4 is 9.47 Å². The maximum atomic E-state index is 6.08. The smallest absolute Gasteiger partial charge is 0.132 e. The van der Waals surface area contributed by atoms with Crippen molar-refractivity contribution < 1.29 is 9.47 Å². The van der Waals surface area contributed by atoms with Gasteiger partial charge in [0.25, 0.3) is 0 Å². The molecule has 0 radical (unpaired) electrons. The van der Waals surface area contributed by atoms with Gasteiger partial charge in [0.2, 0.25) is 0 Å². The van der Waals surface area contributed by atoms with Crippen molar-refractivity contribution in [3.8, 4) is 22.8 Å². The van der Waals surface area contributed by atoms with Gasteiger partial charge in [0, 0.05) is 30.6 Å². The van der Waals surface area contributed by atoms with Crippen molar-refractivity contribution in [1.29, 1.82) is 0 Å².